The fourth-order valence-electron chi connectivity index (χ4n) is 5.87. The first-order chi connectivity index (χ1) is 15.5. The van der Waals surface area contributed by atoms with Crippen molar-refractivity contribution in [3.8, 4) is 11.3 Å². The van der Waals surface area contributed by atoms with Crippen LogP contribution in [0.15, 0.2) is 30.6 Å². The van der Waals surface area contributed by atoms with Crippen molar-refractivity contribution in [2.24, 2.45) is 0 Å². The molecule has 1 aliphatic carbocycles. The summed E-state index contributed by atoms with van der Waals surface area (Å²) in [5, 5.41) is 10.2. The van der Waals surface area contributed by atoms with Crippen LogP contribution in [0.2, 0.25) is 0 Å². The van der Waals surface area contributed by atoms with Crippen LogP contribution in [-0.4, -0.2) is 47.9 Å². The molecule has 32 heavy (non-hydrogen) atoms. The number of likely N-dealkylation sites (tertiary alicyclic amines) is 1. The summed E-state index contributed by atoms with van der Waals surface area (Å²) in [6.45, 7) is 8.43. The number of imidazole rings is 1. The maximum Gasteiger partial charge on any atom is 0.156 e. The van der Waals surface area contributed by atoms with Crippen molar-refractivity contribution in [3.05, 3.63) is 47.7 Å². The molecular formula is C25H29FN6. The Labute approximate surface area is 187 Å². The SMILES string of the molecule is CCN1CC[C@@H](n2cc3cc(-c4cc(C)c5nc(C)cn5n4)cc(F)c3n2)CC12CCC2. The van der Waals surface area contributed by atoms with Gasteiger partial charge in [-0.05, 0) is 76.3 Å². The van der Waals surface area contributed by atoms with E-state index in [-0.39, 0.29) is 5.82 Å². The third-order valence-corrected chi connectivity index (χ3v) is 7.66. The number of aromatic nitrogens is 5. The van der Waals surface area contributed by atoms with Crippen LogP contribution in [0.4, 0.5) is 4.39 Å². The van der Waals surface area contributed by atoms with Crippen LogP contribution in [0.3, 0.4) is 0 Å². The number of hydrogen-bond donors (Lipinski definition) is 0. The summed E-state index contributed by atoms with van der Waals surface area (Å²) in [4.78, 5) is 7.16. The Balaban J connectivity index is 1.37. The average molecular weight is 433 g/mol. The molecule has 2 aliphatic rings. The van der Waals surface area contributed by atoms with E-state index in [1.807, 2.05) is 43.1 Å². The molecule has 1 saturated carbocycles. The molecule has 0 amide bonds. The summed E-state index contributed by atoms with van der Waals surface area (Å²) in [6.07, 6.45) is 9.98. The summed E-state index contributed by atoms with van der Waals surface area (Å²) in [7, 11) is 0. The highest BCUT2D eigenvalue weighted by atomic mass is 19.1. The van der Waals surface area contributed by atoms with Crippen LogP contribution < -0.4 is 0 Å². The van der Waals surface area contributed by atoms with Crippen LogP contribution in [0.5, 0.6) is 0 Å². The van der Waals surface area contributed by atoms with E-state index in [0.717, 1.165) is 59.5 Å². The van der Waals surface area contributed by atoms with Gasteiger partial charge in [0.2, 0.25) is 0 Å². The third kappa shape index (κ3) is 2.98. The van der Waals surface area contributed by atoms with Gasteiger partial charge < -0.3 is 0 Å². The number of piperidine rings is 1. The highest BCUT2D eigenvalue weighted by Crippen LogP contribution is 2.47. The van der Waals surface area contributed by atoms with Crippen molar-refractivity contribution >= 4 is 16.6 Å². The Morgan fingerprint density at radius 1 is 1.12 bits per heavy atom. The molecule has 0 N–H and O–H groups in total. The Morgan fingerprint density at radius 2 is 1.97 bits per heavy atom. The Morgan fingerprint density at radius 3 is 2.72 bits per heavy atom. The molecule has 0 unspecified atom stereocenters. The van der Waals surface area contributed by atoms with Gasteiger partial charge in [0.25, 0.3) is 0 Å². The minimum Gasteiger partial charge on any atom is -0.298 e. The Kier molecular flexibility index (Phi) is 4.41. The van der Waals surface area contributed by atoms with Crippen LogP contribution in [0.25, 0.3) is 27.8 Å². The number of nitrogens with zero attached hydrogens (tertiary/aromatic N) is 6. The van der Waals surface area contributed by atoms with Gasteiger partial charge in [-0.15, -0.1) is 0 Å². The lowest BCUT2D eigenvalue weighted by Crippen LogP contribution is -2.58. The molecule has 1 aliphatic heterocycles. The van der Waals surface area contributed by atoms with E-state index >= 15 is 4.39 Å². The summed E-state index contributed by atoms with van der Waals surface area (Å²) in [6, 6.07) is 5.89. The second-order valence-electron chi connectivity index (χ2n) is 9.67. The van der Waals surface area contributed by atoms with E-state index in [0.29, 0.717) is 17.1 Å². The van der Waals surface area contributed by atoms with Crippen LogP contribution in [0.1, 0.15) is 56.3 Å². The van der Waals surface area contributed by atoms with E-state index in [1.54, 1.807) is 10.6 Å². The van der Waals surface area contributed by atoms with Crippen molar-refractivity contribution in [3.63, 3.8) is 0 Å². The lowest BCUT2D eigenvalue weighted by Gasteiger charge is -2.55. The molecule has 6 nitrogen and oxygen atoms in total. The van der Waals surface area contributed by atoms with E-state index in [9.17, 15) is 0 Å². The van der Waals surface area contributed by atoms with Gasteiger partial charge in [0.05, 0.1) is 23.6 Å². The number of hydrogen-bond acceptors (Lipinski definition) is 4. The maximum atomic E-state index is 15.1. The summed E-state index contributed by atoms with van der Waals surface area (Å²) in [5.74, 6) is -0.290. The van der Waals surface area contributed by atoms with Gasteiger partial charge in [0, 0.05) is 29.2 Å². The minimum absolute atomic E-state index is 0.290. The highest BCUT2D eigenvalue weighted by molar-refractivity contribution is 5.84. The van der Waals surface area contributed by atoms with Crippen LogP contribution in [-0.2, 0) is 0 Å². The quantitative estimate of drug-likeness (QED) is 0.453. The molecule has 0 radical (unpaired) electrons. The number of halogens is 1. The van der Waals surface area contributed by atoms with Gasteiger partial charge in [-0.2, -0.15) is 10.2 Å². The normalized spacial score (nSPS) is 20.9. The molecule has 4 aromatic rings. The molecule has 166 valence electrons. The monoisotopic (exact) mass is 432 g/mol. The van der Waals surface area contributed by atoms with Crippen molar-refractivity contribution in [1.82, 2.24) is 29.3 Å². The highest BCUT2D eigenvalue weighted by Gasteiger charge is 2.46. The zero-order valence-corrected chi connectivity index (χ0v) is 19.0. The second kappa shape index (κ2) is 7.10. The van der Waals surface area contributed by atoms with Gasteiger partial charge >= 0.3 is 0 Å². The van der Waals surface area contributed by atoms with Gasteiger partial charge in [0.1, 0.15) is 5.52 Å². The van der Waals surface area contributed by atoms with Gasteiger partial charge in [-0.1, -0.05) is 6.92 Å². The van der Waals surface area contributed by atoms with Crippen molar-refractivity contribution < 1.29 is 4.39 Å². The van der Waals surface area contributed by atoms with E-state index < -0.39 is 0 Å². The second-order valence-corrected chi connectivity index (χ2v) is 9.67. The molecule has 4 heterocycles. The molecule has 3 aromatic heterocycles. The molecular weight excluding hydrogens is 403 g/mol. The molecule has 1 spiro atoms. The van der Waals surface area contributed by atoms with E-state index in [2.05, 4.69) is 21.9 Å². The molecule has 7 heteroatoms. The third-order valence-electron chi connectivity index (χ3n) is 7.66. The van der Waals surface area contributed by atoms with Crippen LogP contribution in [0, 0.1) is 19.7 Å². The molecule has 0 bridgehead atoms. The van der Waals surface area contributed by atoms with Gasteiger partial charge in [-0.25, -0.2) is 13.9 Å². The molecule has 1 saturated heterocycles. The number of aryl methyl sites for hydroxylation is 2. The topological polar surface area (TPSA) is 51.2 Å². The molecule has 6 rings (SSSR count). The van der Waals surface area contributed by atoms with Crippen molar-refractivity contribution in [2.45, 2.75) is 64.5 Å². The lowest BCUT2D eigenvalue weighted by atomic mass is 9.69. The van der Waals surface area contributed by atoms with Crippen molar-refractivity contribution in [2.75, 3.05) is 13.1 Å². The number of benzene rings is 1. The standard InChI is InChI=1S/C25H29FN6/c1-4-30-9-6-20(13-25(30)7-5-8-25)31-15-19-11-18(12-21(26)23(19)29-31)22-10-16(2)24-27-17(3)14-32(24)28-22/h10-12,14-15,20H,4-9,13H2,1-3H3/t20-/m1/s1. The zero-order chi connectivity index (χ0) is 22.0. The summed E-state index contributed by atoms with van der Waals surface area (Å²) in [5.41, 5.74) is 5.06. The predicted molar refractivity (Wildman–Crippen MR) is 123 cm³/mol. The predicted octanol–water partition coefficient (Wildman–Crippen LogP) is 5.08. The maximum absolute atomic E-state index is 15.1. The Bertz CT molecular complexity index is 1330. The smallest absolute Gasteiger partial charge is 0.156 e. The fraction of sp³-hybridized carbons (Fsp3) is 0.480. The Hall–Kier alpha value is -2.80. The lowest BCUT2D eigenvalue weighted by molar-refractivity contribution is -0.0330. The molecule has 2 fully saturated rings. The number of fused-ring (bicyclic) bond motifs is 2. The van der Waals surface area contributed by atoms with Gasteiger partial charge in [-0.3, -0.25) is 9.58 Å². The van der Waals surface area contributed by atoms with E-state index in [4.69, 9.17) is 5.10 Å². The molecule has 1 atom stereocenters. The van der Waals surface area contributed by atoms with Gasteiger partial charge in [0.15, 0.2) is 11.5 Å². The average Bonchev–Trinajstić information content (AvgIpc) is 3.35. The van der Waals surface area contributed by atoms with Crippen molar-refractivity contribution in [1.29, 1.82) is 0 Å². The molecule has 1 aromatic carbocycles. The number of rotatable bonds is 3. The minimum atomic E-state index is -0.290. The fourth-order valence-corrected chi connectivity index (χ4v) is 5.87. The first kappa shape index (κ1) is 19.9. The largest absolute Gasteiger partial charge is 0.298 e. The first-order valence-electron chi connectivity index (χ1n) is 11.7. The van der Waals surface area contributed by atoms with Crippen LogP contribution >= 0.6 is 0 Å². The zero-order valence-electron chi connectivity index (χ0n) is 19.0. The summed E-state index contributed by atoms with van der Waals surface area (Å²) < 4.78 is 19.0. The summed E-state index contributed by atoms with van der Waals surface area (Å²) >= 11 is 0. The van der Waals surface area contributed by atoms with E-state index in [1.165, 1.54) is 19.3 Å². The first-order valence-corrected chi connectivity index (χ1v) is 11.7.